The first kappa shape index (κ1) is 14.3. The van der Waals surface area contributed by atoms with Gasteiger partial charge in [-0.05, 0) is 38.1 Å². The molecular weight excluding hydrogens is 268 g/mol. The van der Waals surface area contributed by atoms with Crippen molar-refractivity contribution in [1.82, 2.24) is 10.2 Å². The average Bonchev–Trinajstić information content (AvgIpc) is 2.74. The predicted octanol–water partition coefficient (Wildman–Crippen LogP) is 2.36. The molecule has 2 heterocycles. The molecule has 18 heavy (non-hydrogen) atoms. The highest BCUT2D eigenvalue weighted by Crippen LogP contribution is 2.27. The molecule has 3 unspecified atom stereocenters. The molecule has 0 bridgehead atoms. The maximum absolute atomic E-state index is 10.1. The molecule has 0 aliphatic carbocycles. The van der Waals surface area contributed by atoms with Crippen molar-refractivity contribution < 1.29 is 5.11 Å². The average molecular weight is 289 g/mol. The number of nitrogens with one attached hydrogen (secondary N) is 1. The van der Waals surface area contributed by atoms with Gasteiger partial charge in [0.2, 0.25) is 0 Å². The number of aliphatic hydroxyl groups is 1. The topological polar surface area (TPSA) is 35.5 Å². The molecule has 1 aliphatic heterocycles. The summed E-state index contributed by atoms with van der Waals surface area (Å²) < 4.78 is 0.733. The molecule has 0 radical (unpaired) electrons. The van der Waals surface area contributed by atoms with Crippen molar-refractivity contribution in [3.63, 3.8) is 0 Å². The highest BCUT2D eigenvalue weighted by atomic mass is 35.5. The van der Waals surface area contributed by atoms with E-state index in [4.69, 9.17) is 11.6 Å². The number of piperidine rings is 1. The van der Waals surface area contributed by atoms with Crippen LogP contribution in [0.1, 0.15) is 24.3 Å². The second-order valence-corrected chi connectivity index (χ2v) is 6.95. The van der Waals surface area contributed by atoms with Crippen molar-refractivity contribution in [3.05, 3.63) is 21.3 Å². The molecule has 0 aromatic carbocycles. The van der Waals surface area contributed by atoms with Gasteiger partial charge in [0.1, 0.15) is 6.10 Å². The minimum atomic E-state index is -0.450. The minimum absolute atomic E-state index is 0.450. The van der Waals surface area contributed by atoms with Crippen LogP contribution in [0.2, 0.25) is 4.34 Å². The summed E-state index contributed by atoms with van der Waals surface area (Å²) in [5, 5.41) is 13.6. The molecule has 2 rings (SSSR count). The van der Waals surface area contributed by atoms with Gasteiger partial charge < -0.3 is 15.3 Å². The summed E-state index contributed by atoms with van der Waals surface area (Å²) in [6, 6.07) is 4.24. The van der Waals surface area contributed by atoms with E-state index in [1.165, 1.54) is 11.3 Å². The Balaban J connectivity index is 1.80. The van der Waals surface area contributed by atoms with Gasteiger partial charge in [-0.2, -0.15) is 0 Å². The van der Waals surface area contributed by atoms with Crippen molar-refractivity contribution in [2.24, 2.45) is 5.92 Å². The Hall–Kier alpha value is -0.130. The predicted molar refractivity (Wildman–Crippen MR) is 77.4 cm³/mol. The first-order valence-corrected chi connectivity index (χ1v) is 7.61. The zero-order valence-corrected chi connectivity index (χ0v) is 12.5. The summed E-state index contributed by atoms with van der Waals surface area (Å²) in [4.78, 5) is 3.30. The van der Waals surface area contributed by atoms with Crippen LogP contribution in [-0.4, -0.2) is 42.7 Å². The lowest BCUT2D eigenvalue weighted by atomic mass is 9.94. The smallest absolute Gasteiger partial charge is 0.101 e. The molecule has 1 aromatic heterocycles. The van der Waals surface area contributed by atoms with Crippen molar-refractivity contribution in [1.29, 1.82) is 0 Å². The number of aliphatic hydroxyl groups excluding tert-OH is 1. The highest BCUT2D eigenvalue weighted by Gasteiger charge is 2.24. The van der Waals surface area contributed by atoms with E-state index in [9.17, 15) is 5.11 Å². The van der Waals surface area contributed by atoms with E-state index in [2.05, 4.69) is 24.2 Å². The SMILES string of the molecule is CC1CN(C)CCC1NCC(O)c1ccc(Cl)s1. The van der Waals surface area contributed by atoms with Crippen LogP contribution in [-0.2, 0) is 0 Å². The minimum Gasteiger partial charge on any atom is -0.386 e. The van der Waals surface area contributed by atoms with Gasteiger partial charge >= 0.3 is 0 Å². The number of hydrogen-bond acceptors (Lipinski definition) is 4. The summed E-state index contributed by atoms with van der Waals surface area (Å²) in [6.07, 6.45) is 0.699. The summed E-state index contributed by atoms with van der Waals surface area (Å²) in [5.74, 6) is 0.628. The van der Waals surface area contributed by atoms with Crippen LogP contribution in [0.4, 0.5) is 0 Å². The van der Waals surface area contributed by atoms with Gasteiger partial charge in [-0.15, -0.1) is 11.3 Å². The fourth-order valence-electron chi connectivity index (χ4n) is 2.53. The maximum atomic E-state index is 10.1. The molecule has 2 N–H and O–H groups in total. The van der Waals surface area contributed by atoms with Gasteiger partial charge in [0.15, 0.2) is 0 Å². The van der Waals surface area contributed by atoms with Gasteiger partial charge in [-0.25, -0.2) is 0 Å². The number of hydrogen-bond donors (Lipinski definition) is 2. The molecule has 0 saturated carbocycles. The number of thiophene rings is 1. The maximum Gasteiger partial charge on any atom is 0.101 e. The Morgan fingerprint density at radius 3 is 3.00 bits per heavy atom. The normalized spacial score (nSPS) is 27.3. The van der Waals surface area contributed by atoms with Crippen LogP contribution in [0, 0.1) is 5.92 Å². The van der Waals surface area contributed by atoms with Crippen molar-refractivity contribution in [2.45, 2.75) is 25.5 Å². The second kappa shape index (κ2) is 6.35. The van der Waals surface area contributed by atoms with E-state index in [-0.39, 0.29) is 0 Å². The fourth-order valence-corrected chi connectivity index (χ4v) is 3.58. The second-order valence-electron chi connectivity index (χ2n) is 5.20. The zero-order chi connectivity index (χ0) is 13.1. The van der Waals surface area contributed by atoms with E-state index in [1.54, 1.807) is 0 Å². The Morgan fingerprint density at radius 2 is 2.39 bits per heavy atom. The van der Waals surface area contributed by atoms with Crippen LogP contribution >= 0.6 is 22.9 Å². The van der Waals surface area contributed by atoms with Crippen LogP contribution in [0.5, 0.6) is 0 Å². The van der Waals surface area contributed by atoms with Gasteiger partial charge in [0, 0.05) is 24.0 Å². The molecule has 3 nitrogen and oxygen atoms in total. The standard InChI is InChI=1S/C13H21ClN2OS/c1-9-8-16(2)6-5-10(9)15-7-11(17)12-3-4-13(14)18-12/h3-4,9-11,15,17H,5-8H2,1-2H3. The number of halogens is 1. The Bertz CT molecular complexity index is 385. The lowest BCUT2D eigenvalue weighted by Gasteiger charge is -2.35. The van der Waals surface area contributed by atoms with Gasteiger partial charge in [0.05, 0.1) is 4.34 Å². The van der Waals surface area contributed by atoms with Crippen molar-refractivity contribution >= 4 is 22.9 Å². The van der Waals surface area contributed by atoms with Crippen molar-refractivity contribution in [2.75, 3.05) is 26.7 Å². The van der Waals surface area contributed by atoms with Crippen molar-refractivity contribution in [3.8, 4) is 0 Å². The van der Waals surface area contributed by atoms with Crippen LogP contribution < -0.4 is 5.32 Å². The third-order valence-electron chi connectivity index (χ3n) is 3.60. The molecule has 0 spiro atoms. The summed E-state index contributed by atoms with van der Waals surface area (Å²) in [6.45, 7) is 5.12. The monoisotopic (exact) mass is 288 g/mol. The lowest BCUT2D eigenvalue weighted by molar-refractivity contribution is 0.139. The van der Waals surface area contributed by atoms with E-state index in [0.717, 1.165) is 28.7 Å². The van der Waals surface area contributed by atoms with Gasteiger partial charge in [0.25, 0.3) is 0 Å². The molecule has 1 fully saturated rings. The fraction of sp³-hybridized carbons (Fsp3) is 0.692. The Labute approximate surface area is 118 Å². The summed E-state index contributed by atoms with van der Waals surface area (Å²) in [7, 11) is 2.16. The van der Waals surface area contributed by atoms with E-state index in [0.29, 0.717) is 18.5 Å². The molecule has 1 aromatic rings. The van der Waals surface area contributed by atoms with Gasteiger partial charge in [-0.1, -0.05) is 18.5 Å². The first-order valence-electron chi connectivity index (χ1n) is 6.41. The Kier molecular flexibility index (Phi) is 5.04. The number of nitrogens with zero attached hydrogens (tertiary/aromatic N) is 1. The third kappa shape index (κ3) is 3.68. The number of likely N-dealkylation sites (tertiary alicyclic amines) is 1. The number of rotatable bonds is 4. The summed E-state index contributed by atoms with van der Waals surface area (Å²) >= 11 is 7.32. The Morgan fingerprint density at radius 1 is 1.61 bits per heavy atom. The molecule has 1 saturated heterocycles. The molecule has 3 atom stereocenters. The molecule has 5 heteroatoms. The summed E-state index contributed by atoms with van der Waals surface area (Å²) in [5.41, 5.74) is 0. The third-order valence-corrected chi connectivity index (χ3v) is 4.94. The van der Waals surface area contributed by atoms with Gasteiger partial charge in [-0.3, -0.25) is 0 Å². The quantitative estimate of drug-likeness (QED) is 0.893. The largest absolute Gasteiger partial charge is 0.386 e. The lowest BCUT2D eigenvalue weighted by Crippen LogP contribution is -2.47. The van der Waals surface area contributed by atoms with Crippen LogP contribution in [0.3, 0.4) is 0 Å². The highest BCUT2D eigenvalue weighted by molar-refractivity contribution is 7.16. The molecule has 0 amide bonds. The molecule has 1 aliphatic rings. The first-order chi connectivity index (χ1) is 8.56. The molecular formula is C13H21ClN2OS. The van der Waals surface area contributed by atoms with Crippen LogP contribution in [0.25, 0.3) is 0 Å². The zero-order valence-electron chi connectivity index (χ0n) is 10.9. The van der Waals surface area contributed by atoms with Crippen LogP contribution in [0.15, 0.2) is 12.1 Å². The van der Waals surface area contributed by atoms with E-state index in [1.807, 2.05) is 12.1 Å². The van der Waals surface area contributed by atoms with E-state index < -0.39 is 6.10 Å². The van der Waals surface area contributed by atoms with E-state index >= 15 is 0 Å². The molecule has 102 valence electrons.